The van der Waals surface area contributed by atoms with Crippen LogP contribution in [0.4, 0.5) is 0 Å². The van der Waals surface area contributed by atoms with Crippen LogP contribution in [0, 0.1) is 6.92 Å². The number of thiazole rings is 1. The summed E-state index contributed by atoms with van der Waals surface area (Å²) in [5.41, 5.74) is 1.42. The first kappa shape index (κ1) is 8.66. The zero-order valence-electron chi connectivity index (χ0n) is 6.87. The molecule has 0 spiro atoms. The van der Waals surface area contributed by atoms with Gasteiger partial charge in [0, 0.05) is 10.6 Å². The van der Waals surface area contributed by atoms with Crippen LogP contribution in [0.3, 0.4) is 0 Å². The molecule has 0 N–H and O–H groups in total. The van der Waals surface area contributed by atoms with E-state index in [4.69, 9.17) is 11.6 Å². The van der Waals surface area contributed by atoms with Crippen LogP contribution in [0.25, 0.3) is 10.2 Å². The molecule has 0 saturated carbocycles. The second kappa shape index (κ2) is 3.09. The summed E-state index contributed by atoms with van der Waals surface area (Å²) >= 11 is 7.33. The van der Waals surface area contributed by atoms with E-state index in [0.717, 1.165) is 21.5 Å². The van der Waals surface area contributed by atoms with Crippen molar-refractivity contribution >= 4 is 39.4 Å². The van der Waals surface area contributed by atoms with Crippen LogP contribution in [-0.4, -0.2) is 11.3 Å². The number of hydrogen-bond acceptors (Lipinski definition) is 3. The number of hydrogen-bond donors (Lipinski definition) is 0. The highest BCUT2D eigenvalue weighted by atomic mass is 35.5. The summed E-state index contributed by atoms with van der Waals surface area (Å²) in [5, 5.41) is 1.50. The lowest BCUT2D eigenvalue weighted by Gasteiger charge is -1.93. The molecule has 2 aromatic rings. The van der Waals surface area contributed by atoms with Crippen molar-refractivity contribution < 1.29 is 4.79 Å². The summed E-state index contributed by atoms with van der Waals surface area (Å²) in [5.74, 6) is 0. The molecule has 66 valence electrons. The van der Waals surface area contributed by atoms with Crippen LogP contribution in [-0.2, 0) is 0 Å². The largest absolute Gasteiger partial charge is 0.298 e. The van der Waals surface area contributed by atoms with Gasteiger partial charge in [-0.2, -0.15) is 0 Å². The van der Waals surface area contributed by atoms with Crippen LogP contribution in [0.2, 0.25) is 5.02 Å². The first-order chi connectivity index (χ1) is 6.20. The van der Waals surface area contributed by atoms with Crippen LogP contribution < -0.4 is 0 Å². The van der Waals surface area contributed by atoms with Gasteiger partial charge in [-0.25, -0.2) is 4.98 Å². The summed E-state index contributed by atoms with van der Waals surface area (Å²) in [6.07, 6.45) is 0.811. The molecule has 0 radical (unpaired) electrons. The SMILES string of the molecule is Cc1nc2cc(Cl)cc(C=O)c2s1. The minimum Gasteiger partial charge on any atom is -0.298 e. The van der Waals surface area contributed by atoms with Crippen LogP contribution >= 0.6 is 22.9 Å². The van der Waals surface area contributed by atoms with Crippen molar-refractivity contribution in [2.24, 2.45) is 0 Å². The number of benzene rings is 1. The summed E-state index contributed by atoms with van der Waals surface area (Å²) < 4.78 is 0.914. The van der Waals surface area contributed by atoms with Gasteiger partial charge >= 0.3 is 0 Å². The summed E-state index contributed by atoms with van der Waals surface area (Å²) in [6.45, 7) is 1.91. The zero-order chi connectivity index (χ0) is 9.42. The third-order valence-electron chi connectivity index (χ3n) is 1.72. The average Bonchev–Trinajstić information content (AvgIpc) is 2.43. The normalized spacial score (nSPS) is 10.6. The predicted molar refractivity (Wildman–Crippen MR) is 54.8 cm³/mol. The number of fused-ring (bicyclic) bond motifs is 1. The Hall–Kier alpha value is -0.930. The molecule has 1 aromatic heterocycles. The van der Waals surface area contributed by atoms with Crippen LogP contribution in [0.15, 0.2) is 12.1 Å². The van der Waals surface area contributed by atoms with Crippen molar-refractivity contribution in [2.75, 3.05) is 0 Å². The van der Waals surface area contributed by atoms with Crippen molar-refractivity contribution in [1.29, 1.82) is 0 Å². The van der Waals surface area contributed by atoms with Gasteiger partial charge in [-0.1, -0.05) is 11.6 Å². The van der Waals surface area contributed by atoms with E-state index in [-0.39, 0.29) is 0 Å². The molecule has 0 atom stereocenters. The number of aromatic nitrogens is 1. The maximum atomic E-state index is 10.7. The molecular formula is C9H6ClNOS. The van der Waals surface area contributed by atoms with E-state index >= 15 is 0 Å². The number of carbonyl (C=O) groups excluding carboxylic acids is 1. The Balaban J connectivity index is 2.88. The van der Waals surface area contributed by atoms with Gasteiger partial charge in [-0.05, 0) is 19.1 Å². The minimum absolute atomic E-state index is 0.555. The predicted octanol–water partition coefficient (Wildman–Crippen LogP) is 3.07. The lowest BCUT2D eigenvalue weighted by molar-refractivity contribution is 0.112. The molecule has 0 bridgehead atoms. The van der Waals surface area contributed by atoms with E-state index in [1.807, 2.05) is 6.92 Å². The van der Waals surface area contributed by atoms with E-state index in [9.17, 15) is 4.79 Å². The maximum absolute atomic E-state index is 10.7. The van der Waals surface area contributed by atoms with Gasteiger partial charge in [-0.15, -0.1) is 11.3 Å². The van der Waals surface area contributed by atoms with E-state index in [1.54, 1.807) is 12.1 Å². The number of rotatable bonds is 1. The third-order valence-corrected chi connectivity index (χ3v) is 2.97. The highest BCUT2D eigenvalue weighted by molar-refractivity contribution is 7.18. The Morgan fingerprint density at radius 2 is 2.31 bits per heavy atom. The third kappa shape index (κ3) is 1.45. The smallest absolute Gasteiger partial charge is 0.151 e. The van der Waals surface area contributed by atoms with Gasteiger partial charge in [-0.3, -0.25) is 4.79 Å². The Morgan fingerprint density at radius 3 is 3.00 bits per heavy atom. The fraction of sp³-hybridized carbons (Fsp3) is 0.111. The molecule has 2 rings (SSSR count). The van der Waals surface area contributed by atoms with E-state index < -0.39 is 0 Å². The molecule has 1 heterocycles. The quantitative estimate of drug-likeness (QED) is 0.679. The van der Waals surface area contributed by atoms with Crippen molar-refractivity contribution in [3.63, 3.8) is 0 Å². The molecule has 0 aliphatic carbocycles. The van der Waals surface area contributed by atoms with Gasteiger partial charge in [0.2, 0.25) is 0 Å². The number of nitrogens with zero attached hydrogens (tertiary/aromatic N) is 1. The van der Waals surface area contributed by atoms with Crippen LogP contribution in [0.5, 0.6) is 0 Å². The monoisotopic (exact) mass is 211 g/mol. The Kier molecular flexibility index (Phi) is 2.06. The van der Waals surface area contributed by atoms with Crippen molar-refractivity contribution in [1.82, 2.24) is 4.98 Å². The Bertz CT molecular complexity index is 478. The summed E-state index contributed by atoms with van der Waals surface area (Å²) in [4.78, 5) is 15.0. The molecule has 4 heteroatoms. The molecule has 0 saturated heterocycles. The van der Waals surface area contributed by atoms with Gasteiger partial charge < -0.3 is 0 Å². The lowest BCUT2D eigenvalue weighted by atomic mass is 10.2. The first-order valence-corrected chi connectivity index (χ1v) is 4.92. The number of halogens is 1. The molecule has 13 heavy (non-hydrogen) atoms. The Labute approximate surface area is 84.2 Å². The fourth-order valence-electron chi connectivity index (χ4n) is 1.22. The minimum atomic E-state index is 0.555. The van der Waals surface area contributed by atoms with Crippen molar-refractivity contribution in [2.45, 2.75) is 6.92 Å². The van der Waals surface area contributed by atoms with E-state index in [1.165, 1.54) is 11.3 Å². The van der Waals surface area contributed by atoms with E-state index in [2.05, 4.69) is 4.98 Å². The molecule has 0 aliphatic rings. The molecule has 0 unspecified atom stereocenters. The van der Waals surface area contributed by atoms with E-state index in [0.29, 0.717) is 10.6 Å². The molecular weight excluding hydrogens is 206 g/mol. The van der Waals surface area contributed by atoms with Gasteiger partial charge in [0.1, 0.15) is 0 Å². The average molecular weight is 212 g/mol. The van der Waals surface area contributed by atoms with Crippen molar-refractivity contribution in [3.8, 4) is 0 Å². The molecule has 2 nitrogen and oxygen atoms in total. The lowest BCUT2D eigenvalue weighted by Crippen LogP contribution is -1.79. The first-order valence-electron chi connectivity index (χ1n) is 3.72. The highest BCUT2D eigenvalue weighted by Gasteiger charge is 2.06. The fourth-order valence-corrected chi connectivity index (χ4v) is 2.32. The number of aryl methyl sites for hydroxylation is 1. The topological polar surface area (TPSA) is 30.0 Å². The highest BCUT2D eigenvalue weighted by Crippen LogP contribution is 2.27. The van der Waals surface area contributed by atoms with Crippen molar-refractivity contribution in [3.05, 3.63) is 27.7 Å². The number of carbonyl (C=O) groups is 1. The van der Waals surface area contributed by atoms with Gasteiger partial charge in [0.15, 0.2) is 6.29 Å². The molecule has 0 amide bonds. The van der Waals surface area contributed by atoms with Crippen LogP contribution in [0.1, 0.15) is 15.4 Å². The second-order valence-electron chi connectivity index (χ2n) is 2.69. The van der Waals surface area contributed by atoms with Gasteiger partial charge in [0.25, 0.3) is 0 Å². The zero-order valence-corrected chi connectivity index (χ0v) is 8.45. The maximum Gasteiger partial charge on any atom is 0.151 e. The molecule has 0 aliphatic heterocycles. The van der Waals surface area contributed by atoms with Gasteiger partial charge in [0.05, 0.1) is 15.2 Å². The summed E-state index contributed by atoms with van der Waals surface area (Å²) in [6, 6.07) is 3.43. The number of aldehydes is 1. The standard InChI is InChI=1S/C9H6ClNOS/c1-5-11-8-3-7(10)2-6(4-12)9(8)13-5/h2-4H,1H3. The summed E-state index contributed by atoms with van der Waals surface area (Å²) in [7, 11) is 0. The molecule has 0 fully saturated rings. The Morgan fingerprint density at radius 1 is 1.54 bits per heavy atom. The molecule has 1 aromatic carbocycles. The second-order valence-corrected chi connectivity index (χ2v) is 4.33.